The minimum atomic E-state index is -0.517. The molecule has 0 bridgehead atoms. The Labute approximate surface area is 106 Å². The third-order valence-corrected chi connectivity index (χ3v) is 2.45. The van der Waals surface area contributed by atoms with Gasteiger partial charge in [0.2, 0.25) is 0 Å². The normalized spacial score (nSPS) is 9.39. The van der Waals surface area contributed by atoms with Crippen LogP contribution in [0.2, 0.25) is 0 Å². The number of pyridine rings is 1. The summed E-state index contributed by atoms with van der Waals surface area (Å²) in [5, 5.41) is 0. The van der Waals surface area contributed by atoms with Gasteiger partial charge in [-0.3, -0.25) is 4.79 Å². The summed E-state index contributed by atoms with van der Waals surface area (Å²) in [6.07, 6.45) is 1.59. The molecule has 18 heavy (non-hydrogen) atoms. The van der Waals surface area contributed by atoms with Gasteiger partial charge in [-0.25, -0.2) is 4.98 Å². The highest BCUT2D eigenvalue weighted by Gasteiger charge is 2.05. The van der Waals surface area contributed by atoms with E-state index >= 15 is 0 Å². The van der Waals surface area contributed by atoms with Crippen LogP contribution < -0.4 is 5.73 Å². The Morgan fingerprint density at radius 2 is 1.89 bits per heavy atom. The molecule has 2 aromatic rings. The zero-order valence-corrected chi connectivity index (χ0v) is 9.97. The number of hydrogen-bond donors (Lipinski definition) is 1. The fourth-order valence-corrected chi connectivity index (χ4v) is 1.47. The summed E-state index contributed by atoms with van der Waals surface area (Å²) in [6.45, 7) is 2.02. The lowest BCUT2D eigenvalue weighted by atomic mass is 10.1. The first kappa shape index (κ1) is 11.9. The highest BCUT2D eigenvalue weighted by Crippen LogP contribution is 2.04. The number of nitrogens with two attached hydrogens (primary N) is 1. The van der Waals surface area contributed by atoms with Gasteiger partial charge < -0.3 is 5.73 Å². The highest BCUT2D eigenvalue weighted by molar-refractivity contribution is 5.94. The number of aromatic nitrogens is 1. The molecule has 0 saturated heterocycles. The van der Waals surface area contributed by atoms with Crippen LogP contribution in [-0.2, 0) is 0 Å². The number of primary amides is 1. The van der Waals surface area contributed by atoms with E-state index in [0.717, 1.165) is 5.56 Å². The SMILES string of the molecule is Cc1ccc(C#Cc2ncccc2C(N)=O)cc1. The van der Waals surface area contributed by atoms with E-state index in [9.17, 15) is 4.79 Å². The molecule has 0 spiro atoms. The molecule has 0 fully saturated rings. The fraction of sp³-hybridized carbons (Fsp3) is 0.0667. The number of benzene rings is 1. The third kappa shape index (κ3) is 2.74. The van der Waals surface area contributed by atoms with E-state index in [-0.39, 0.29) is 0 Å². The van der Waals surface area contributed by atoms with Gasteiger partial charge in [0.15, 0.2) is 0 Å². The lowest BCUT2D eigenvalue weighted by Gasteiger charge is -1.97. The summed E-state index contributed by atoms with van der Waals surface area (Å²) in [7, 11) is 0. The zero-order valence-electron chi connectivity index (χ0n) is 9.97. The lowest BCUT2D eigenvalue weighted by molar-refractivity contribution is 0.0999. The summed E-state index contributed by atoms with van der Waals surface area (Å²) >= 11 is 0. The number of rotatable bonds is 1. The van der Waals surface area contributed by atoms with E-state index in [4.69, 9.17) is 5.73 Å². The van der Waals surface area contributed by atoms with Crippen molar-refractivity contribution in [1.29, 1.82) is 0 Å². The minimum Gasteiger partial charge on any atom is -0.366 e. The van der Waals surface area contributed by atoms with Gasteiger partial charge in [-0.05, 0) is 37.1 Å². The molecule has 1 amide bonds. The van der Waals surface area contributed by atoms with Gasteiger partial charge in [-0.15, -0.1) is 0 Å². The molecule has 3 nitrogen and oxygen atoms in total. The third-order valence-electron chi connectivity index (χ3n) is 2.45. The maximum Gasteiger partial charge on any atom is 0.251 e. The van der Waals surface area contributed by atoms with Crippen LogP contribution in [0.5, 0.6) is 0 Å². The van der Waals surface area contributed by atoms with Crippen molar-refractivity contribution in [3.63, 3.8) is 0 Å². The quantitative estimate of drug-likeness (QED) is 0.769. The second kappa shape index (κ2) is 5.15. The summed E-state index contributed by atoms with van der Waals surface area (Å²) < 4.78 is 0. The molecule has 2 N–H and O–H groups in total. The molecule has 3 heteroatoms. The topological polar surface area (TPSA) is 56.0 Å². The molecule has 0 aliphatic carbocycles. The first-order valence-electron chi connectivity index (χ1n) is 5.50. The molecule has 1 heterocycles. The molecule has 0 radical (unpaired) electrons. The van der Waals surface area contributed by atoms with Crippen molar-refractivity contribution in [2.45, 2.75) is 6.92 Å². The second-order valence-electron chi connectivity index (χ2n) is 3.88. The second-order valence-corrected chi connectivity index (χ2v) is 3.88. The van der Waals surface area contributed by atoms with Crippen LogP contribution in [0.3, 0.4) is 0 Å². The maximum absolute atomic E-state index is 11.2. The summed E-state index contributed by atoms with van der Waals surface area (Å²) in [4.78, 5) is 15.3. The molecule has 2 rings (SSSR count). The Bertz CT molecular complexity index is 634. The van der Waals surface area contributed by atoms with Crippen LogP contribution in [0.4, 0.5) is 0 Å². The van der Waals surface area contributed by atoms with E-state index < -0.39 is 5.91 Å². The molecule has 0 aliphatic heterocycles. The lowest BCUT2D eigenvalue weighted by Crippen LogP contribution is -2.13. The maximum atomic E-state index is 11.2. The van der Waals surface area contributed by atoms with E-state index in [1.807, 2.05) is 31.2 Å². The van der Waals surface area contributed by atoms with Gasteiger partial charge in [-0.1, -0.05) is 23.6 Å². The van der Waals surface area contributed by atoms with Crippen LogP contribution in [-0.4, -0.2) is 10.9 Å². The molecule has 0 atom stereocenters. The van der Waals surface area contributed by atoms with Crippen molar-refractivity contribution in [2.24, 2.45) is 5.73 Å². The molecular formula is C15H12N2O. The van der Waals surface area contributed by atoms with Crippen LogP contribution in [0.25, 0.3) is 0 Å². The molecule has 0 aliphatic rings. The average molecular weight is 236 g/mol. The smallest absolute Gasteiger partial charge is 0.251 e. The first-order valence-corrected chi connectivity index (χ1v) is 5.50. The predicted octanol–water partition coefficient (Wildman–Crippen LogP) is 1.89. The Balaban J connectivity index is 2.35. The Morgan fingerprint density at radius 1 is 1.17 bits per heavy atom. The van der Waals surface area contributed by atoms with E-state index in [1.54, 1.807) is 18.3 Å². The minimum absolute atomic E-state index is 0.345. The number of amides is 1. The molecule has 0 saturated carbocycles. The average Bonchev–Trinajstić information content (AvgIpc) is 2.38. The van der Waals surface area contributed by atoms with Crippen LogP contribution >= 0.6 is 0 Å². The molecule has 88 valence electrons. The molecule has 0 unspecified atom stereocenters. The Morgan fingerprint density at radius 3 is 2.56 bits per heavy atom. The van der Waals surface area contributed by atoms with Gasteiger partial charge in [-0.2, -0.15) is 0 Å². The predicted molar refractivity (Wildman–Crippen MR) is 69.9 cm³/mol. The standard InChI is InChI=1S/C15H12N2O/c1-11-4-6-12(7-5-11)8-9-14-13(15(16)18)3-2-10-17-14/h2-7,10H,1H3,(H2,16,18). The number of nitrogens with zero attached hydrogens (tertiary/aromatic N) is 1. The molecular weight excluding hydrogens is 224 g/mol. The number of carbonyl (C=O) groups excluding carboxylic acids is 1. The van der Waals surface area contributed by atoms with E-state index in [0.29, 0.717) is 11.3 Å². The van der Waals surface area contributed by atoms with Crippen molar-refractivity contribution in [3.8, 4) is 11.8 Å². The van der Waals surface area contributed by atoms with Crippen LogP contribution in [0.1, 0.15) is 27.2 Å². The van der Waals surface area contributed by atoms with Gasteiger partial charge in [0.05, 0.1) is 5.56 Å². The number of hydrogen-bond acceptors (Lipinski definition) is 2. The number of carbonyl (C=O) groups is 1. The van der Waals surface area contributed by atoms with E-state index in [2.05, 4.69) is 16.8 Å². The summed E-state index contributed by atoms with van der Waals surface area (Å²) in [5.74, 6) is 5.31. The van der Waals surface area contributed by atoms with Crippen molar-refractivity contribution in [1.82, 2.24) is 4.98 Å². The molecule has 1 aromatic heterocycles. The van der Waals surface area contributed by atoms with Crippen LogP contribution in [0, 0.1) is 18.8 Å². The first-order chi connectivity index (χ1) is 8.66. The van der Waals surface area contributed by atoms with Crippen molar-refractivity contribution in [2.75, 3.05) is 0 Å². The van der Waals surface area contributed by atoms with Crippen molar-refractivity contribution < 1.29 is 4.79 Å². The Hall–Kier alpha value is -2.60. The number of aryl methyl sites for hydroxylation is 1. The molecule has 1 aromatic carbocycles. The monoisotopic (exact) mass is 236 g/mol. The fourth-order valence-electron chi connectivity index (χ4n) is 1.47. The summed E-state index contributed by atoms with van der Waals surface area (Å²) in [5.41, 5.74) is 8.06. The largest absolute Gasteiger partial charge is 0.366 e. The van der Waals surface area contributed by atoms with Gasteiger partial charge in [0.25, 0.3) is 5.91 Å². The van der Waals surface area contributed by atoms with Crippen molar-refractivity contribution in [3.05, 3.63) is 65.0 Å². The summed E-state index contributed by atoms with van der Waals surface area (Å²) in [6, 6.07) is 11.1. The van der Waals surface area contributed by atoms with Gasteiger partial charge >= 0.3 is 0 Å². The zero-order chi connectivity index (χ0) is 13.0. The van der Waals surface area contributed by atoms with Crippen LogP contribution in [0.15, 0.2) is 42.6 Å². The highest BCUT2D eigenvalue weighted by atomic mass is 16.1. The Kier molecular flexibility index (Phi) is 3.40. The van der Waals surface area contributed by atoms with Crippen molar-refractivity contribution >= 4 is 5.91 Å². The van der Waals surface area contributed by atoms with Gasteiger partial charge in [0, 0.05) is 11.8 Å². The van der Waals surface area contributed by atoms with Gasteiger partial charge in [0.1, 0.15) is 5.69 Å². The van der Waals surface area contributed by atoms with E-state index in [1.165, 1.54) is 5.56 Å².